The second-order valence-electron chi connectivity index (χ2n) is 8.60. The molecule has 1 saturated carbocycles. The fourth-order valence-corrected chi connectivity index (χ4v) is 4.21. The van der Waals surface area contributed by atoms with E-state index in [9.17, 15) is 22.8 Å². The van der Waals surface area contributed by atoms with Crippen LogP contribution in [-0.2, 0) is 9.59 Å². The first-order chi connectivity index (χ1) is 15.7. The van der Waals surface area contributed by atoms with Gasteiger partial charge in [0.15, 0.2) is 0 Å². The number of pyridine rings is 1. The first-order valence-electron chi connectivity index (χ1n) is 11.4. The van der Waals surface area contributed by atoms with Crippen molar-refractivity contribution < 1.29 is 22.8 Å². The van der Waals surface area contributed by atoms with Crippen LogP contribution in [0.2, 0.25) is 0 Å². The van der Waals surface area contributed by atoms with Gasteiger partial charge in [-0.25, -0.2) is 0 Å². The third kappa shape index (κ3) is 6.12. The van der Waals surface area contributed by atoms with Crippen molar-refractivity contribution in [1.82, 2.24) is 10.3 Å². The highest BCUT2D eigenvalue weighted by molar-refractivity contribution is 6.03. The summed E-state index contributed by atoms with van der Waals surface area (Å²) in [5.74, 6) is -2.49. The van der Waals surface area contributed by atoms with Crippen LogP contribution in [0.25, 0.3) is 0 Å². The predicted octanol–water partition coefficient (Wildman–Crippen LogP) is 5.68. The number of hydrogen-bond donors (Lipinski definition) is 1. The smallest absolute Gasteiger partial charge is 0.351 e. The zero-order chi connectivity index (χ0) is 24.0. The third-order valence-corrected chi connectivity index (χ3v) is 6.29. The van der Waals surface area contributed by atoms with Gasteiger partial charge in [0.2, 0.25) is 5.91 Å². The monoisotopic (exact) mass is 461 g/mol. The van der Waals surface area contributed by atoms with E-state index in [1.807, 2.05) is 13.8 Å². The van der Waals surface area contributed by atoms with Crippen LogP contribution in [0.3, 0.4) is 0 Å². The number of amides is 2. The van der Waals surface area contributed by atoms with Gasteiger partial charge in [-0.3, -0.25) is 19.5 Å². The van der Waals surface area contributed by atoms with Crippen LogP contribution in [0.4, 0.5) is 18.9 Å². The van der Waals surface area contributed by atoms with E-state index in [0.717, 1.165) is 44.1 Å². The Labute approximate surface area is 192 Å². The van der Waals surface area contributed by atoms with Crippen molar-refractivity contribution in [3.05, 3.63) is 59.9 Å². The van der Waals surface area contributed by atoms with Crippen LogP contribution >= 0.6 is 0 Å². The Kier molecular flexibility index (Phi) is 8.10. The average Bonchev–Trinajstić information content (AvgIpc) is 2.82. The summed E-state index contributed by atoms with van der Waals surface area (Å²) in [6, 6.07) is 7.72. The summed E-state index contributed by atoms with van der Waals surface area (Å²) in [7, 11) is 0. The minimum absolute atomic E-state index is 0.0185. The lowest BCUT2D eigenvalue weighted by Crippen LogP contribution is -2.50. The number of benzene rings is 1. The molecule has 1 fully saturated rings. The fourth-order valence-electron chi connectivity index (χ4n) is 4.21. The molecular weight excluding hydrogens is 431 g/mol. The Bertz CT molecular complexity index is 926. The van der Waals surface area contributed by atoms with Crippen molar-refractivity contribution in [2.75, 3.05) is 4.90 Å². The largest absolute Gasteiger partial charge is 0.471 e. The van der Waals surface area contributed by atoms with Gasteiger partial charge in [-0.05, 0) is 60.6 Å². The summed E-state index contributed by atoms with van der Waals surface area (Å²) in [5.41, 5.74) is 1.24. The number of aromatic nitrogens is 1. The molecule has 2 amide bonds. The summed E-state index contributed by atoms with van der Waals surface area (Å²) in [6.45, 7) is 4.04. The van der Waals surface area contributed by atoms with Gasteiger partial charge in [0.05, 0.1) is 0 Å². The lowest BCUT2D eigenvalue weighted by Gasteiger charge is -2.33. The number of nitrogens with zero attached hydrogens (tertiary/aromatic N) is 2. The molecule has 1 aromatic heterocycles. The number of carbonyl (C=O) groups excluding carboxylic acids is 2. The van der Waals surface area contributed by atoms with E-state index < -0.39 is 24.0 Å². The van der Waals surface area contributed by atoms with E-state index in [1.54, 1.807) is 12.1 Å². The standard InChI is InChI=1S/C25H30F3N3O2/c1-3-17(2)18-9-11-21(12-10-18)31(24(33)25(26,27)28)22(19-13-15-29-16-14-19)23(32)30-20-7-5-4-6-8-20/h9-17,20,22H,3-8H2,1-2H3,(H,30,32). The molecule has 1 aliphatic rings. The molecule has 178 valence electrons. The molecule has 2 aromatic rings. The maximum atomic E-state index is 13.7. The molecule has 2 atom stereocenters. The summed E-state index contributed by atoms with van der Waals surface area (Å²) in [5, 5.41) is 2.89. The number of hydrogen-bond acceptors (Lipinski definition) is 3. The number of rotatable bonds is 7. The van der Waals surface area contributed by atoms with Gasteiger partial charge in [0.1, 0.15) is 6.04 Å². The van der Waals surface area contributed by atoms with Gasteiger partial charge >= 0.3 is 12.1 Å². The summed E-state index contributed by atoms with van der Waals surface area (Å²) >= 11 is 0. The quantitative estimate of drug-likeness (QED) is 0.577. The molecule has 0 radical (unpaired) electrons. The Morgan fingerprint density at radius 2 is 1.64 bits per heavy atom. The highest BCUT2D eigenvalue weighted by atomic mass is 19.4. The first kappa shape index (κ1) is 24.7. The van der Waals surface area contributed by atoms with Crippen molar-refractivity contribution in [2.24, 2.45) is 0 Å². The molecule has 0 spiro atoms. The molecule has 0 saturated heterocycles. The first-order valence-corrected chi connectivity index (χ1v) is 11.4. The Balaban J connectivity index is 2.05. The molecule has 3 rings (SSSR count). The lowest BCUT2D eigenvalue weighted by atomic mass is 9.94. The summed E-state index contributed by atoms with van der Waals surface area (Å²) < 4.78 is 41.1. The second-order valence-corrected chi connectivity index (χ2v) is 8.60. The topological polar surface area (TPSA) is 62.3 Å². The molecule has 1 N–H and O–H groups in total. The van der Waals surface area contributed by atoms with Gasteiger partial charge < -0.3 is 5.32 Å². The molecule has 0 aliphatic heterocycles. The van der Waals surface area contributed by atoms with Crippen molar-refractivity contribution in [3.63, 3.8) is 0 Å². The second kappa shape index (κ2) is 10.8. The van der Waals surface area contributed by atoms with Crippen molar-refractivity contribution in [1.29, 1.82) is 0 Å². The average molecular weight is 462 g/mol. The number of anilines is 1. The van der Waals surface area contributed by atoms with Gasteiger partial charge in [0, 0.05) is 24.1 Å². The zero-order valence-electron chi connectivity index (χ0n) is 18.9. The molecular formula is C25H30F3N3O2. The van der Waals surface area contributed by atoms with E-state index in [0.29, 0.717) is 4.90 Å². The van der Waals surface area contributed by atoms with Gasteiger partial charge in [-0.15, -0.1) is 0 Å². The van der Waals surface area contributed by atoms with E-state index in [1.165, 1.54) is 36.7 Å². The van der Waals surface area contributed by atoms with Gasteiger partial charge in [-0.1, -0.05) is 45.2 Å². The predicted molar refractivity (Wildman–Crippen MR) is 121 cm³/mol. The van der Waals surface area contributed by atoms with Crippen molar-refractivity contribution in [3.8, 4) is 0 Å². The minimum atomic E-state index is -5.15. The molecule has 33 heavy (non-hydrogen) atoms. The summed E-state index contributed by atoms with van der Waals surface area (Å²) in [6.07, 6.45) is 3.04. The molecule has 8 heteroatoms. The van der Waals surface area contributed by atoms with E-state index in [2.05, 4.69) is 10.3 Å². The SMILES string of the molecule is CCC(C)c1ccc(N(C(=O)C(F)(F)F)C(C(=O)NC2CCCCC2)c2ccncc2)cc1. The van der Waals surface area contributed by atoms with E-state index >= 15 is 0 Å². The van der Waals surface area contributed by atoms with Crippen molar-refractivity contribution >= 4 is 17.5 Å². The maximum absolute atomic E-state index is 13.7. The number of halogens is 3. The Morgan fingerprint density at radius 3 is 2.18 bits per heavy atom. The number of alkyl halides is 3. The molecule has 1 aromatic carbocycles. The molecule has 5 nitrogen and oxygen atoms in total. The molecule has 0 bridgehead atoms. The molecule has 1 heterocycles. The normalized spacial score (nSPS) is 16.6. The van der Waals surface area contributed by atoms with Gasteiger partial charge in [-0.2, -0.15) is 13.2 Å². The highest BCUT2D eigenvalue weighted by Gasteiger charge is 2.47. The third-order valence-electron chi connectivity index (χ3n) is 6.29. The zero-order valence-corrected chi connectivity index (χ0v) is 18.9. The number of carbonyl (C=O) groups is 2. The van der Waals surface area contributed by atoms with Crippen LogP contribution in [-0.4, -0.2) is 29.0 Å². The highest BCUT2D eigenvalue weighted by Crippen LogP contribution is 2.34. The van der Waals surface area contributed by atoms with E-state index in [-0.39, 0.29) is 23.2 Å². The van der Waals surface area contributed by atoms with Crippen LogP contribution in [0.5, 0.6) is 0 Å². The van der Waals surface area contributed by atoms with Crippen LogP contribution in [0, 0.1) is 0 Å². The summed E-state index contributed by atoms with van der Waals surface area (Å²) in [4.78, 5) is 30.5. The Morgan fingerprint density at radius 1 is 1.03 bits per heavy atom. The van der Waals surface area contributed by atoms with Crippen LogP contribution < -0.4 is 10.2 Å². The van der Waals surface area contributed by atoms with Crippen LogP contribution in [0.15, 0.2) is 48.8 Å². The van der Waals surface area contributed by atoms with E-state index in [4.69, 9.17) is 0 Å². The van der Waals surface area contributed by atoms with Crippen LogP contribution in [0.1, 0.15) is 75.5 Å². The maximum Gasteiger partial charge on any atom is 0.471 e. The Hall–Kier alpha value is -2.90. The molecule has 2 unspecified atom stereocenters. The van der Waals surface area contributed by atoms with Crippen molar-refractivity contribution in [2.45, 2.75) is 76.6 Å². The van der Waals surface area contributed by atoms with Gasteiger partial charge in [0.25, 0.3) is 0 Å². The lowest BCUT2D eigenvalue weighted by molar-refractivity contribution is -0.171. The minimum Gasteiger partial charge on any atom is -0.351 e. The molecule has 1 aliphatic carbocycles. The fraction of sp³-hybridized carbons (Fsp3) is 0.480. The number of nitrogens with one attached hydrogen (secondary N) is 1.